The predicted octanol–water partition coefficient (Wildman–Crippen LogP) is 4.49. The van der Waals surface area contributed by atoms with Crippen molar-refractivity contribution in [2.24, 2.45) is 0 Å². The topological polar surface area (TPSA) is 85.9 Å². The molecule has 0 aliphatic rings. The molecule has 0 unspecified atom stereocenters. The monoisotopic (exact) mass is 487 g/mol. The summed E-state index contributed by atoms with van der Waals surface area (Å²) in [5.74, 6) is -0.0382. The highest BCUT2D eigenvalue weighted by Crippen LogP contribution is 2.17. The van der Waals surface area contributed by atoms with Crippen molar-refractivity contribution in [2.45, 2.75) is 10.6 Å². The second-order valence-corrected chi connectivity index (χ2v) is 8.84. The lowest BCUT2D eigenvalue weighted by Crippen LogP contribution is -2.05. The maximum Gasteiger partial charge on any atom is 0.182 e. The Morgan fingerprint density at radius 3 is 2.04 bits per heavy atom. The van der Waals surface area contributed by atoms with Crippen LogP contribution in [-0.2, 0) is 15.6 Å². The van der Waals surface area contributed by atoms with Gasteiger partial charge >= 0.3 is 0 Å². The van der Waals surface area contributed by atoms with Crippen LogP contribution in [0.3, 0.4) is 0 Å². The molecule has 25 heavy (non-hydrogen) atoms. The first kappa shape index (κ1) is 19.6. The molecule has 0 atom stereocenters. The van der Waals surface area contributed by atoms with Gasteiger partial charge in [-0.2, -0.15) is 0 Å². The summed E-state index contributed by atoms with van der Waals surface area (Å²) < 4.78 is 25.8. The maximum absolute atomic E-state index is 12.1. The fraction of sp³-hybridized carbons (Fsp3) is 0.0588. The van der Waals surface area contributed by atoms with Crippen molar-refractivity contribution >= 4 is 47.4 Å². The molecule has 0 saturated heterocycles. The zero-order chi connectivity index (χ0) is 18.3. The minimum Gasteiger partial charge on any atom is -0.397 e. The standard InChI is InChI=1S/C12H10BrNO2S.C5H5BrN2.H2/c13-11-6-10(7-14-8-11)9-17(15,16)12-4-2-1-3-5-12;6-4-1-5(7)3-8-2-4;/h1-8H,9H2;1-3H,7H2;1H/i;;1+2. The molecule has 3 rings (SSSR count). The Balaban J connectivity index is 0.000000318. The van der Waals surface area contributed by atoms with E-state index in [4.69, 9.17) is 5.73 Å². The Morgan fingerprint density at radius 2 is 1.52 bits per heavy atom. The number of nitrogen functional groups attached to an aromatic ring is 1. The van der Waals surface area contributed by atoms with Gasteiger partial charge in [-0.3, -0.25) is 9.97 Å². The number of nitrogens with two attached hydrogens (primary N) is 1. The van der Waals surface area contributed by atoms with Crippen LogP contribution < -0.4 is 5.73 Å². The number of pyridine rings is 2. The van der Waals surface area contributed by atoms with Crippen LogP contribution in [0.25, 0.3) is 0 Å². The molecule has 0 aliphatic heterocycles. The number of benzene rings is 1. The summed E-state index contributed by atoms with van der Waals surface area (Å²) in [6.45, 7) is 0. The fourth-order valence-corrected chi connectivity index (χ4v) is 4.02. The molecular formula is C17H17Br2N3O2S. The van der Waals surface area contributed by atoms with E-state index in [-0.39, 0.29) is 7.18 Å². The molecule has 5 nitrogen and oxygen atoms in total. The molecule has 0 fully saturated rings. The van der Waals surface area contributed by atoms with Gasteiger partial charge in [-0.1, -0.05) is 18.2 Å². The smallest absolute Gasteiger partial charge is 0.182 e. The van der Waals surface area contributed by atoms with Crippen LogP contribution in [0.15, 0.2) is 81.1 Å². The number of sulfone groups is 1. The van der Waals surface area contributed by atoms with Gasteiger partial charge in [0.25, 0.3) is 0 Å². The van der Waals surface area contributed by atoms with Crippen molar-refractivity contribution in [3.63, 3.8) is 0 Å². The van der Waals surface area contributed by atoms with Crippen LogP contribution in [0.2, 0.25) is 0 Å². The van der Waals surface area contributed by atoms with E-state index in [0.717, 1.165) is 8.95 Å². The second-order valence-electron chi connectivity index (χ2n) is 5.02. The third kappa shape index (κ3) is 6.56. The van der Waals surface area contributed by atoms with Gasteiger partial charge in [0.2, 0.25) is 0 Å². The molecule has 3 aromatic rings. The fourth-order valence-electron chi connectivity index (χ4n) is 1.89. The predicted molar refractivity (Wildman–Crippen MR) is 108 cm³/mol. The number of halogens is 2. The van der Waals surface area contributed by atoms with Crippen molar-refractivity contribution in [1.82, 2.24) is 9.97 Å². The van der Waals surface area contributed by atoms with Crippen molar-refractivity contribution < 1.29 is 9.84 Å². The minimum absolute atomic E-state index is 0. The summed E-state index contributed by atoms with van der Waals surface area (Å²) in [5.41, 5.74) is 6.72. The average Bonchev–Trinajstić information content (AvgIpc) is 2.56. The number of anilines is 1. The summed E-state index contributed by atoms with van der Waals surface area (Å²) in [7, 11) is -3.29. The molecule has 0 amide bonds. The van der Waals surface area contributed by atoms with Gasteiger partial charge in [-0.15, -0.1) is 0 Å². The van der Waals surface area contributed by atoms with Crippen LogP contribution in [0.4, 0.5) is 5.69 Å². The molecule has 0 aliphatic carbocycles. The quantitative estimate of drug-likeness (QED) is 0.586. The van der Waals surface area contributed by atoms with E-state index in [1.54, 1.807) is 67.3 Å². The van der Waals surface area contributed by atoms with E-state index in [1.165, 1.54) is 0 Å². The first-order chi connectivity index (χ1) is 11.9. The van der Waals surface area contributed by atoms with Crippen molar-refractivity contribution in [1.29, 1.82) is 0 Å². The molecule has 2 heterocycles. The van der Waals surface area contributed by atoms with Crippen molar-refractivity contribution in [3.8, 4) is 0 Å². The number of hydrogen-bond acceptors (Lipinski definition) is 5. The van der Waals surface area contributed by atoms with Crippen molar-refractivity contribution in [3.05, 3.63) is 81.8 Å². The molecule has 8 heteroatoms. The molecule has 0 bridgehead atoms. The van der Waals surface area contributed by atoms with Gasteiger partial charge < -0.3 is 5.73 Å². The lowest BCUT2D eigenvalue weighted by molar-refractivity contribution is 0.595. The summed E-state index contributed by atoms with van der Waals surface area (Å²) in [6, 6.07) is 12.0. The largest absolute Gasteiger partial charge is 0.397 e. The van der Waals surface area contributed by atoms with Gasteiger partial charge in [0.15, 0.2) is 9.84 Å². The number of hydrogen-bond donors (Lipinski definition) is 1. The highest BCUT2D eigenvalue weighted by Gasteiger charge is 2.14. The minimum atomic E-state index is -3.29. The maximum atomic E-state index is 12.1. The molecule has 0 saturated carbocycles. The molecule has 2 aromatic heterocycles. The number of nitrogens with zero attached hydrogens (tertiary/aromatic N) is 2. The summed E-state index contributed by atoms with van der Waals surface area (Å²) in [5, 5.41) is 0. The zero-order valence-electron chi connectivity index (χ0n) is 13.0. The van der Waals surface area contributed by atoms with E-state index in [2.05, 4.69) is 41.8 Å². The number of rotatable bonds is 3. The molecule has 2 N–H and O–H groups in total. The third-order valence-electron chi connectivity index (χ3n) is 2.95. The lowest BCUT2D eigenvalue weighted by Gasteiger charge is -2.04. The highest BCUT2D eigenvalue weighted by molar-refractivity contribution is 9.10. The van der Waals surface area contributed by atoms with E-state index < -0.39 is 9.84 Å². The normalized spacial score (nSPS) is 10.6. The third-order valence-corrected chi connectivity index (χ3v) is 5.52. The van der Waals surface area contributed by atoms with Gasteiger partial charge in [0.1, 0.15) is 0 Å². The Morgan fingerprint density at radius 1 is 0.920 bits per heavy atom. The van der Waals surface area contributed by atoms with Crippen LogP contribution in [0.5, 0.6) is 0 Å². The first-order valence-electron chi connectivity index (χ1n) is 7.10. The second kappa shape index (κ2) is 9.07. The zero-order valence-corrected chi connectivity index (χ0v) is 17.0. The first-order valence-corrected chi connectivity index (χ1v) is 10.3. The van der Waals surface area contributed by atoms with Crippen molar-refractivity contribution in [2.75, 3.05) is 5.73 Å². The van der Waals surface area contributed by atoms with Gasteiger partial charge in [-0.25, -0.2) is 8.42 Å². The highest BCUT2D eigenvalue weighted by atomic mass is 79.9. The summed E-state index contributed by atoms with van der Waals surface area (Å²) in [6.07, 6.45) is 6.48. The average molecular weight is 489 g/mol. The van der Waals surface area contributed by atoms with E-state index in [1.807, 2.05) is 0 Å². The van der Waals surface area contributed by atoms with Crippen LogP contribution in [-0.4, -0.2) is 18.4 Å². The Bertz CT molecular complexity index is 924. The molecular weight excluding hydrogens is 470 g/mol. The molecule has 0 spiro atoms. The number of aromatic nitrogens is 2. The van der Waals surface area contributed by atoms with Gasteiger partial charge in [0.05, 0.1) is 16.3 Å². The van der Waals surface area contributed by atoms with Gasteiger partial charge in [0, 0.05) is 35.2 Å². The Kier molecular flexibility index (Phi) is 7.10. The van der Waals surface area contributed by atoms with E-state index in [0.29, 0.717) is 16.1 Å². The SMILES string of the molecule is Nc1cncc(Br)c1.O=S(=O)(Cc1cncc(Br)c1)c1ccccc1.[3HH]. The molecule has 0 radical (unpaired) electrons. The van der Waals surface area contributed by atoms with E-state index >= 15 is 0 Å². The van der Waals surface area contributed by atoms with Crippen LogP contribution in [0, 0.1) is 0 Å². The summed E-state index contributed by atoms with van der Waals surface area (Å²) >= 11 is 6.49. The molecule has 132 valence electrons. The lowest BCUT2D eigenvalue weighted by atomic mass is 10.3. The van der Waals surface area contributed by atoms with Crippen LogP contribution >= 0.6 is 31.9 Å². The van der Waals surface area contributed by atoms with E-state index in [9.17, 15) is 8.42 Å². The molecule has 1 aromatic carbocycles. The van der Waals surface area contributed by atoms with Gasteiger partial charge in [-0.05, 0) is 61.7 Å². The van der Waals surface area contributed by atoms with Crippen LogP contribution in [0.1, 0.15) is 6.99 Å². The Labute approximate surface area is 165 Å². The summed E-state index contributed by atoms with van der Waals surface area (Å²) in [4.78, 5) is 8.10. The Hall–Kier alpha value is -1.77.